The summed E-state index contributed by atoms with van der Waals surface area (Å²) in [5.41, 5.74) is 3.92. The molecule has 1 N–H and O–H groups in total. The Hall–Kier alpha value is -1.31. The predicted molar refractivity (Wildman–Crippen MR) is 64.3 cm³/mol. The minimum absolute atomic E-state index is 0.514. The first-order chi connectivity index (χ1) is 7.11. The molecule has 2 aromatic rings. The van der Waals surface area contributed by atoms with Crippen LogP contribution in [0.15, 0.2) is 18.6 Å². The molecule has 0 saturated carbocycles. The van der Waals surface area contributed by atoms with Crippen molar-refractivity contribution in [3.8, 4) is 0 Å². The Bertz CT molecular complexity index is 466. The fraction of sp³-hybridized carbons (Fsp3) is 0.462. The van der Waals surface area contributed by atoms with Crippen molar-refractivity contribution in [3.05, 3.63) is 29.7 Å². The molecule has 0 atom stereocenters. The summed E-state index contributed by atoms with van der Waals surface area (Å²) >= 11 is 0. The number of aromatic amines is 1. The fourth-order valence-corrected chi connectivity index (χ4v) is 2.00. The van der Waals surface area contributed by atoms with E-state index in [-0.39, 0.29) is 0 Å². The third-order valence-corrected chi connectivity index (χ3v) is 2.90. The van der Waals surface area contributed by atoms with Crippen molar-refractivity contribution in [3.63, 3.8) is 0 Å². The molecule has 2 rings (SSSR count). The second-order valence-corrected chi connectivity index (χ2v) is 4.70. The van der Waals surface area contributed by atoms with Gasteiger partial charge in [-0.25, -0.2) is 0 Å². The number of H-pyrrole nitrogens is 1. The summed E-state index contributed by atoms with van der Waals surface area (Å²) in [5.74, 6) is 1.06. The Balaban J connectivity index is 2.69. The minimum Gasteiger partial charge on any atom is -0.361 e. The Kier molecular flexibility index (Phi) is 2.51. The maximum atomic E-state index is 4.33. The molecule has 2 heterocycles. The molecule has 0 aliphatic heterocycles. The van der Waals surface area contributed by atoms with Crippen LogP contribution in [0.4, 0.5) is 0 Å². The second kappa shape index (κ2) is 3.69. The molecular formula is C13H18N2. The van der Waals surface area contributed by atoms with Gasteiger partial charge >= 0.3 is 0 Å². The number of nitrogens with one attached hydrogen (secondary N) is 1. The van der Waals surface area contributed by atoms with Crippen molar-refractivity contribution in [2.45, 2.75) is 39.5 Å². The van der Waals surface area contributed by atoms with Crippen LogP contribution >= 0.6 is 0 Å². The van der Waals surface area contributed by atoms with Gasteiger partial charge in [-0.15, -0.1) is 0 Å². The Morgan fingerprint density at radius 1 is 1.00 bits per heavy atom. The lowest BCUT2D eigenvalue weighted by atomic mass is 9.99. The number of nitrogens with zero attached hydrogens (tertiary/aromatic N) is 1. The highest BCUT2D eigenvalue weighted by atomic mass is 14.7. The lowest BCUT2D eigenvalue weighted by molar-refractivity contribution is 0.865. The highest BCUT2D eigenvalue weighted by molar-refractivity contribution is 5.85. The number of rotatable bonds is 2. The Morgan fingerprint density at radius 3 is 2.27 bits per heavy atom. The van der Waals surface area contributed by atoms with E-state index in [0.29, 0.717) is 11.8 Å². The smallest absolute Gasteiger partial charge is 0.0523 e. The van der Waals surface area contributed by atoms with E-state index in [2.05, 4.69) is 43.9 Å². The molecule has 15 heavy (non-hydrogen) atoms. The van der Waals surface area contributed by atoms with Gasteiger partial charge in [0.1, 0.15) is 0 Å². The van der Waals surface area contributed by atoms with Crippen LogP contribution in [0.1, 0.15) is 50.7 Å². The van der Waals surface area contributed by atoms with E-state index in [0.717, 1.165) is 0 Å². The van der Waals surface area contributed by atoms with Gasteiger partial charge in [0.2, 0.25) is 0 Å². The summed E-state index contributed by atoms with van der Waals surface area (Å²) in [7, 11) is 0. The van der Waals surface area contributed by atoms with Gasteiger partial charge in [-0.2, -0.15) is 0 Å². The van der Waals surface area contributed by atoms with E-state index in [4.69, 9.17) is 0 Å². The average Bonchev–Trinajstić information content (AvgIpc) is 2.59. The topological polar surface area (TPSA) is 28.7 Å². The number of hydrogen-bond donors (Lipinski definition) is 1. The molecule has 0 aromatic carbocycles. The number of hydrogen-bond acceptors (Lipinski definition) is 1. The maximum absolute atomic E-state index is 4.33. The van der Waals surface area contributed by atoms with Gasteiger partial charge in [0, 0.05) is 24.0 Å². The van der Waals surface area contributed by atoms with E-state index in [1.54, 1.807) is 0 Å². The van der Waals surface area contributed by atoms with Crippen LogP contribution in [0, 0.1) is 0 Å². The Labute approximate surface area is 90.7 Å². The molecule has 0 aliphatic carbocycles. The molecule has 0 radical (unpaired) electrons. The highest BCUT2D eigenvalue weighted by Crippen LogP contribution is 2.29. The van der Waals surface area contributed by atoms with Crippen LogP contribution in [0.5, 0.6) is 0 Å². The van der Waals surface area contributed by atoms with Gasteiger partial charge in [0.05, 0.1) is 5.52 Å². The minimum atomic E-state index is 0.514. The fourth-order valence-electron chi connectivity index (χ4n) is 2.00. The van der Waals surface area contributed by atoms with Gasteiger partial charge in [-0.1, -0.05) is 27.7 Å². The number of fused-ring (bicyclic) bond motifs is 1. The summed E-state index contributed by atoms with van der Waals surface area (Å²) < 4.78 is 0. The van der Waals surface area contributed by atoms with Crippen molar-refractivity contribution >= 4 is 10.9 Å². The van der Waals surface area contributed by atoms with Crippen LogP contribution in [0.3, 0.4) is 0 Å². The van der Waals surface area contributed by atoms with Crippen molar-refractivity contribution in [1.82, 2.24) is 9.97 Å². The van der Waals surface area contributed by atoms with Gasteiger partial charge in [0.15, 0.2) is 0 Å². The highest BCUT2D eigenvalue weighted by Gasteiger charge is 2.11. The zero-order valence-electron chi connectivity index (χ0n) is 9.83. The maximum Gasteiger partial charge on any atom is 0.0523 e. The molecule has 0 spiro atoms. The zero-order chi connectivity index (χ0) is 11.0. The van der Waals surface area contributed by atoms with Crippen molar-refractivity contribution < 1.29 is 0 Å². The van der Waals surface area contributed by atoms with Crippen molar-refractivity contribution in [2.75, 3.05) is 0 Å². The van der Waals surface area contributed by atoms with Crippen LogP contribution in [-0.2, 0) is 0 Å². The molecule has 2 heteroatoms. The third kappa shape index (κ3) is 1.65. The second-order valence-electron chi connectivity index (χ2n) is 4.70. The monoisotopic (exact) mass is 202 g/mol. The van der Waals surface area contributed by atoms with Crippen LogP contribution in [0.2, 0.25) is 0 Å². The number of aromatic nitrogens is 2. The molecule has 2 aromatic heterocycles. The summed E-state index contributed by atoms with van der Waals surface area (Å²) in [6.45, 7) is 8.83. The quantitative estimate of drug-likeness (QED) is 0.788. The first-order valence-electron chi connectivity index (χ1n) is 5.56. The molecule has 0 unspecified atom stereocenters. The van der Waals surface area contributed by atoms with Crippen molar-refractivity contribution in [1.29, 1.82) is 0 Å². The number of pyridine rings is 1. The van der Waals surface area contributed by atoms with Gasteiger partial charge in [0.25, 0.3) is 0 Å². The van der Waals surface area contributed by atoms with Crippen LogP contribution < -0.4 is 0 Å². The van der Waals surface area contributed by atoms with Gasteiger partial charge in [-0.3, -0.25) is 4.98 Å². The average molecular weight is 202 g/mol. The SMILES string of the molecule is CC(C)c1c[nH]c2c(C(C)C)cncc12. The van der Waals surface area contributed by atoms with Crippen LogP contribution in [0.25, 0.3) is 10.9 Å². The van der Waals surface area contributed by atoms with Crippen molar-refractivity contribution in [2.24, 2.45) is 0 Å². The van der Waals surface area contributed by atoms with Gasteiger partial charge < -0.3 is 4.98 Å². The molecule has 0 amide bonds. The largest absolute Gasteiger partial charge is 0.361 e. The van der Waals surface area contributed by atoms with E-state index in [1.807, 2.05) is 12.4 Å². The molecule has 2 nitrogen and oxygen atoms in total. The lowest BCUT2D eigenvalue weighted by Gasteiger charge is -2.07. The summed E-state index contributed by atoms with van der Waals surface area (Å²) in [6.07, 6.45) is 6.05. The molecule has 0 saturated heterocycles. The summed E-state index contributed by atoms with van der Waals surface area (Å²) in [6, 6.07) is 0. The lowest BCUT2D eigenvalue weighted by Crippen LogP contribution is -1.91. The van der Waals surface area contributed by atoms with Gasteiger partial charge in [-0.05, 0) is 23.0 Å². The van der Waals surface area contributed by atoms with E-state index >= 15 is 0 Å². The van der Waals surface area contributed by atoms with E-state index < -0.39 is 0 Å². The first kappa shape index (κ1) is 10.2. The molecule has 80 valence electrons. The molecule has 0 fully saturated rings. The van der Waals surface area contributed by atoms with Crippen LogP contribution in [-0.4, -0.2) is 9.97 Å². The van der Waals surface area contributed by atoms with E-state index in [1.165, 1.54) is 22.0 Å². The molecule has 0 bridgehead atoms. The van der Waals surface area contributed by atoms with E-state index in [9.17, 15) is 0 Å². The third-order valence-electron chi connectivity index (χ3n) is 2.90. The normalized spacial score (nSPS) is 11.9. The standard InChI is InChI=1S/C13H18N2/c1-8(2)10-7-15-13-11(9(3)4)5-14-6-12(10)13/h5-9,15H,1-4H3. The first-order valence-corrected chi connectivity index (χ1v) is 5.56. The summed E-state index contributed by atoms with van der Waals surface area (Å²) in [5, 5.41) is 1.27. The Morgan fingerprint density at radius 2 is 1.67 bits per heavy atom. The summed E-state index contributed by atoms with van der Waals surface area (Å²) in [4.78, 5) is 7.71. The molecule has 0 aliphatic rings. The predicted octanol–water partition coefficient (Wildman–Crippen LogP) is 3.81. The zero-order valence-corrected chi connectivity index (χ0v) is 9.83. The molecular weight excluding hydrogens is 184 g/mol.